The van der Waals surface area contributed by atoms with E-state index in [0.29, 0.717) is 24.4 Å². The number of hydrogen-bond donors (Lipinski definition) is 3. The fourth-order valence-corrected chi connectivity index (χ4v) is 2.88. The van der Waals surface area contributed by atoms with Gasteiger partial charge in [-0.1, -0.05) is 32.0 Å². The molecule has 0 saturated heterocycles. The topological polar surface area (TPSA) is 71.1 Å². The molecule has 29 heavy (non-hydrogen) atoms. The van der Waals surface area contributed by atoms with Gasteiger partial charge in [0, 0.05) is 23.6 Å². The Morgan fingerprint density at radius 1 is 0.966 bits per heavy atom. The fraction of sp³-hybridized carbons (Fsp3) is 0.273. The second kappa shape index (κ2) is 10.8. The summed E-state index contributed by atoms with van der Waals surface area (Å²) in [6.45, 7) is 5.93. The lowest BCUT2D eigenvalue weighted by molar-refractivity contribution is 0.306. The molecular formula is C22H26BrN5O. The third-order valence-corrected chi connectivity index (χ3v) is 4.61. The van der Waals surface area contributed by atoms with Crippen LogP contribution >= 0.6 is 15.9 Å². The first-order valence-corrected chi connectivity index (χ1v) is 10.5. The molecule has 2 aromatic carbocycles. The molecule has 0 atom stereocenters. The van der Waals surface area contributed by atoms with Crippen LogP contribution < -0.4 is 20.7 Å². The van der Waals surface area contributed by atoms with Gasteiger partial charge < -0.3 is 20.7 Å². The number of benzene rings is 2. The maximum absolute atomic E-state index is 5.78. The average Bonchev–Trinajstić information content (AvgIpc) is 2.72. The van der Waals surface area contributed by atoms with Crippen molar-refractivity contribution in [1.29, 1.82) is 0 Å². The molecule has 3 N–H and O–H groups in total. The monoisotopic (exact) mass is 455 g/mol. The molecule has 3 aromatic rings. The van der Waals surface area contributed by atoms with Gasteiger partial charge in [-0.05, 0) is 65.3 Å². The Labute approximate surface area is 180 Å². The Hall–Kier alpha value is -2.64. The van der Waals surface area contributed by atoms with E-state index in [-0.39, 0.29) is 0 Å². The largest absolute Gasteiger partial charge is 0.494 e. The Morgan fingerprint density at radius 3 is 2.41 bits per heavy atom. The van der Waals surface area contributed by atoms with Gasteiger partial charge in [0.1, 0.15) is 11.6 Å². The van der Waals surface area contributed by atoms with Crippen LogP contribution in [0.5, 0.6) is 5.75 Å². The molecule has 1 aromatic heterocycles. The number of anilines is 4. The standard InChI is InChI=1S/C22H26BrN5O/c1-16(2)24-13-6-14-29-19-11-9-18(10-12-19)27-22-25-15-20(23)21(28-22)26-17-7-4-3-5-8-17/h3-5,7-12,15-16,24H,6,13-14H2,1-2H3,(H2,25,26,27,28). The zero-order valence-electron chi connectivity index (χ0n) is 16.7. The van der Waals surface area contributed by atoms with Gasteiger partial charge in [-0.3, -0.25) is 0 Å². The van der Waals surface area contributed by atoms with E-state index in [0.717, 1.165) is 34.6 Å². The lowest BCUT2D eigenvalue weighted by Crippen LogP contribution is -2.24. The van der Waals surface area contributed by atoms with Crippen LogP contribution in [0.1, 0.15) is 20.3 Å². The highest BCUT2D eigenvalue weighted by molar-refractivity contribution is 9.10. The van der Waals surface area contributed by atoms with Gasteiger partial charge in [0.15, 0.2) is 0 Å². The molecule has 0 amide bonds. The molecule has 0 aliphatic carbocycles. The van der Waals surface area contributed by atoms with Gasteiger partial charge in [0.25, 0.3) is 0 Å². The number of aromatic nitrogens is 2. The second-order valence-electron chi connectivity index (χ2n) is 6.84. The number of rotatable bonds is 10. The average molecular weight is 456 g/mol. The predicted octanol–water partition coefficient (Wildman–Crippen LogP) is 5.49. The van der Waals surface area contributed by atoms with Crippen molar-refractivity contribution in [2.75, 3.05) is 23.8 Å². The third kappa shape index (κ3) is 7.03. The number of nitrogens with one attached hydrogen (secondary N) is 3. The quantitative estimate of drug-likeness (QED) is 0.351. The summed E-state index contributed by atoms with van der Waals surface area (Å²) in [5.41, 5.74) is 1.86. The molecule has 0 saturated carbocycles. The van der Waals surface area contributed by atoms with Crippen LogP contribution in [0, 0.1) is 0 Å². The van der Waals surface area contributed by atoms with E-state index in [1.807, 2.05) is 54.6 Å². The molecule has 1 heterocycles. The van der Waals surface area contributed by atoms with Crippen LogP contribution in [-0.2, 0) is 0 Å². The summed E-state index contributed by atoms with van der Waals surface area (Å²) in [4.78, 5) is 8.89. The molecule has 0 spiro atoms. The molecule has 0 aliphatic rings. The van der Waals surface area contributed by atoms with Crippen molar-refractivity contribution < 1.29 is 4.74 Å². The Balaban J connectivity index is 1.55. The highest BCUT2D eigenvalue weighted by Crippen LogP contribution is 2.25. The zero-order chi connectivity index (χ0) is 20.5. The second-order valence-corrected chi connectivity index (χ2v) is 7.70. The van der Waals surface area contributed by atoms with Crippen LogP contribution in [0.15, 0.2) is 65.3 Å². The summed E-state index contributed by atoms with van der Waals surface area (Å²) >= 11 is 3.49. The van der Waals surface area contributed by atoms with Crippen molar-refractivity contribution in [1.82, 2.24) is 15.3 Å². The summed E-state index contributed by atoms with van der Waals surface area (Å²) in [5.74, 6) is 2.06. The number of para-hydroxylation sites is 1. The van der Waals surface area contributed by atoms with Crippen LogP contribution in [-0.4, -0.2) is 29.2 Å². The molecule has 7 heteroatoms. The Bertz CT molecular complexity index is 887. The first-order chi connectivity index (χ1) is 14.1. The lowest BCUT2D eigenvalue weighted by Gasteiger charge is -2.11. The van der Waals surface area contributed by atoms with E-state index in [1.54, 1.807) is 6.20 Å². The maximum Gasteiger partial charge on any atom is 0.229 e. The lowest BCUT2D eigenvalue weighted by atomic mass is 10.3. The molecule has 0 bridgehead atoms. The van der Waals surface area contributed by atoms with Crippen molar-refractivity contribution in [2.45, 2.75) is 26.3 Å². The summed E-state index contributed by atoms with van der Waals surface area (Å²) < 4.78 is 6.57. The predicted molar refractivity (Wildman–Crippen MR) is 122 cm³/mol. The van der Waals surface area contributed by atoms with Gasteiger partial charge in [-0.15, -0.1) is 0 Å². The summed E-state index contributed by atoms with van der Waals surface area (Å²) in [6, 6.07) is 18.2. The first-order valence-electron chi connectivity index (χ1n) is 9.68. The van der Waals surface area contributed by atoms with Gasteiger partial charge in [0.05, 0.1) is 11.1 Å². The molecule has 0 radical (unpaired) electrons. The molecule has 6 nitrogen and oxygen atoms in total. The highest BCUT2D eigenvalue weighted by Gasteiger charge is 2.06. The minimum Gasteiger partial charge on any atom is -0.494 e. The molecule has 0 fully saturated rings. The van der Waals surface area contributed by atoms with Gasteiger partial charge in [0.2, 0.25) is 5.95 Å². The van der Waals surface area contributed by atoms with E-state index in [9.17, 15) is 0 Å². The van der Waals surface area contributed by atoms with Crippen molar-refractivity contribution in [3.63, 3.8) is 0 Å². The number of nitrogens with zero attached hydrogens (tertiary/aromatic N) is 2. The van der Waals surface area contributed by atoms with Crippen LogP contribution in [0.2, 0.25) is 0 Å². The number of hydrogen-bond acceptors (Lipinski definition) is 6. The summed E-state index contributed by atoms with van der Waals surface area (Å²) in [5, 5.41) is 9.89. The van der Waals surface area contributed by atoms with Gasteiger partial charge in [-0.25, -0.2) is 4.98 Å². The highest BCUT2D eigenvalue weighted by atomic mass is 79.9. The van der Waals surface area contributed by atoms with Crippen molar-refractivity contribution in [2.24, 2.45) is 0 Å². The van der Waals surface area contributed by atoms with Crippen LogP contribution in [0.3, 0.4) is 0 Å². The molecular weight excluding hydrogens is 430 g/mol. The molecule has 0 unspecified atom stereocenters. The maximum atomic E-state index is 5.78. The normalized spacial score (nSPS) is 10.8. The third-order valence-electron chi connectivity index (χ3n) is 4.03. The molecule has 152 valence electrons. The van der Waals surface area contributed by atoms with Gasteiger partial charge >= 0.3 is 0 Å². The van der Waals surface area contributed by atoms with Gasteiger partial charge in [-0.2, -0.15) is 4.98 Å². The fourth-order valence-electron chi connectivity index (χ4n) is 2.59. The molecule has 0 aliphatic heterocycles. The minimum absolute atomic E-state index is 0.504. The Kier molecular flexibility index (Phi) is 7.84. The van der Waals surface area contributed by atoms with E-state index in [1.165, 1.54) is 0 Å². The van der Waals surface area contributed by atoms with Crippen LogP contribution in [0.25, 0.3) is 0 Å². The summed E-state index contributed by atoms with van der Waals surface area (Å²) in [6.07, 6.45) is 2.70. The minimum atomic E-state index is 0.504. The van der Waals surface area contributed by atoms with Crippen molar-refractivity contribution in [3.05, 3.63) is 65.3 Å². The number of halogens is 1. The van der Waals surface area contributed by atoms with Crippen molar-refractivity contribution >= 4 is 39.1 Å². The Morgan fingerprint density at radius 2 is 1.69 bits per heavy atom. The van der Waals surface area contributed by atoms with E-state index < -0.39 is 0 Å². The van der Waals surface area contributed by atoms with E-state index in [4.69, 9.17) is 4.74 Å². The zero-order valence-corrected chi connectivity index (χ0v) is 18.2. The van der Waals surface area contributed by atoms with E-state index in [2.05, 4.69) is 55.7 Å². The van der Waals surface area contributed by atoms with Crippen molar-refractivity contribution in [3.8, 4) is 5.75 Å². The SMILES string of the molecule is CC(C)NCCCOc1ccc(Nc2ncc(Br)c(Nc3ccccc3)n2)cc1. The molecule has 3 rings (SSSR count). The number of ether oxygens (including phenoxy) is 1. The van der Waals surface area contributed by atoms with Crippen LogP contribution in [0.4, 0.5) is 23.1 Å². The summed E-state index contributed by atoms with van der Waals surface area (Å²) in [7, 11) is 0. The van der Waals surface area contributed by atoms with E-state index >= 15 is 0 Å². The first kappa shape index (κ1) is 21.1. The smallest absolute Gasteiger partial charge is 0.229 e.